The molecule has 0 aromatic heterocycles. The number of fused-ring (bicyclic) bond motifs is 1. The van der Waals surface area contributed by atoms with Crippen molar-refractivity contribution < 1.29 is 23.7 Å². The van der Waals surface area contributed by atoms with Gasteiger partial charge in [-0.05, 0) is 41.3 Å². The molecule has 1 atom stereocenters. The Balaban J connectivity index is 1.42. The summed E-state index contributed by atoms with van der Waals surface area (Å²) < 4.78 is 22.5. The summed E-state index contributed by atoms with van der Waals surface area (Å²) in [4.78, 5) is 17.7. The van der Waals surface area contributed by atoms with Crippen LogP contribution in [0, 0.1) is 5.92 Å². The molecule has 0 N–H and O–H groups in total. The van der Waals surface area contributed by atoms with E-state index in [1.807, 2.05) is 35.2 Å². The van der Waals surface area contributed by atoms with Crippen LogP contribution < -0.4 is 14.2 Å². The van der Waals surface area contributed by atoms with Crippen molar-refractivity contribution >= 4 is 5.91 Å². The van der Waals surface area contributed by atoms with Crippen LogP contribution in [0.4, 0.5) is 0 Å². The van der Waals surface area contributed by atoms with Gasteiger partial charge in [0.1, 0.15) is 25.1 Å². The molecule has 0 saturated carbocycles. The third-order valence-electron chi connectivity index (χ3n) is 5.87. The summed E-state index contributed by atoms with van der Waals surface area (Å²) in [5.41, 5.74) is 2.22. The van der Waals surface area contributed by atoms with Crippen molar-refractivity contribution in [1.82, 2.24) is 9.80 Å². The number of carbonyl (C=O) groups excluding carboxylic acids is 1. The minimum Gasteiger partial charge on any atom is -0.497 e. The van der Waals surface area contributed by atoms with Crippen molar-refractivity contribution in [2.24, 2.45) is 5.92 Å². The molecule has 0 bridgehead atoms. The lowest BCUT2D eigenvalue weighted by atomic mass is 10.1. The molecular formula is C26H34N2O5. The summed E-state index contributed by atoms with van der Waals surface area (Å²) in [6.07, 6.45) is -0.465. The summed E-state index contributed by atoms with van der Waals surface area (Å²) in [6.45, 7) is 9.28. The largest absolute Gasteiger partial charge is 0.497 e. The monoisotopic (exact) mass is 454 g/mol. The molecule has 2 aromatic carbocycles. The van der Waals surface area contributed by atoms with Gasteiger partial charge in [0.15, 0.2) is 11.5 Å². The van der Waals surface area contributed by atoms with Crippen molar-refractivity contribution in [2.45, 2.75) is 33.0 Å². The number of rotatable bonds is 8. The molecule has 33 heavy (non-hydrogen) atoms. The topological polar surface area (TPSA) is 60.5 Å². The molecule has 178 valence electrons. The van der Waals surface area contributed by atoms with E-state index in [0.29, 0.717) is 45.4 Å². The highest BCUT2D eigenvalue weighted by atomic mass is 16.6. The summed E-state index contributed by atoms with van der Waals surface area (Å²) in [5.74, 6) is 2.74. The molecule has 7 heteroatoms. The maximum Gasteiger partial charge on any atom is 0.253 e. The summed E-state index contributed by atoms with van der Waals surface area (Å²) in [6, 6.07) is 14.0. The number of hydrogen-bond acceptors (Lipinski definition) is 6. The fraction of sp³-hybridized carbons (Fsp3) is 0.500. The van der Waals surface area contributed by atoms with Crippen LogP contribution in [0.15, 0.2) is 42.5 Å². The van der Waals surface area contributed by atoms with E-state index < -0.39 is 6.10 Å². The molecule has 2 aliphatic rings. The zero-order chi connectivity index (χ0) is 23.2. The molecule has 2 heterocycles. The molecule has 4 rings (SSSR count). The molecule has 0 spiro atoms. The van der Waals surface area contributed by atoms with Gasteiger partial charge < -0.3 is 23.8 Å². The molecule has 1 fully saturated rings. The summed E-state index contributed by atoms with van der Waals surface area (Å²) in [7, 11) is 1.67. The molecule has 1 saturated heterocycles. The highest BCUT2D eigenvalue weighted by Crippen LogP contribution is 2.31. The Bertz CT molecular complexity index is 931. The first-order valence-corrected chi connectivity index (χ1v) is 11.7. The average molecular weight is 455 g/mol. The van der Waals surface area contributed by atoms with Crippen LogP contribution >= 0.6 is 0 Å². The van der Waals surface area contributed by atoms with Crippen LogP contribution in [0.25, 0.3) is 0 Å². The van der Waals surface area contributed by atoms with Gasteiger partial charge >= 0.3 is 0 Å². The molecule has 1 unspecified atom stereocenters. The van der Waals surface area contributed by atoms with E-state index in [9.17, 15) is 4.79 Å². The lowest BCUT2D eigenvalue weighted by Gasteiger charge is -2.35. The standard InChI is InChI=1S/C26H34N2O5/c1-19(2)15-28(17-21-6-9-23-24(14-21)33-13-12-32-23)26(29)25-18-27(10-11-31-25)16-20-4-7-22(30-3)8-5-20/h4-9,14,19,25H,10-13,15-18H2,1-3H3. The fourth-order valence-corrected chi connectivity index (χ4v) is 4.27. The van der Waals surface area contributed by atoms with Gasteiger partial charge in [0.2, 0.25) is 0 Å². The minimum absolute atomic E-state index is 0.0398. The van der Waals surface area contributed by atoms with E-state index in [2.05, 4.69) is 30.9 Å². The van der Waals surface area contributed by atoms with E-state index in [1.165, 1.54) is 5.56 Å². The second-order valence-electron chi connectivity index (χ2n) is 9.03. The number of morpholine rings is 1. The van der Waals surface area contributed by atoms with Crippen LogP contribution in [-0.4, -0.2) is 68.4 Å². The third kappa shape index (κ3) is 6.18. The van der Waals surface area contributed by atoms with Gasteiger partial charge in [-0.25, -0.2) is 0 Å². The minimum atomic E-state index is -0.465. The molecule has 0 aliphatic carbocycles. The van der Waals surface area contributed by atoms with Crippen LogP contribution in [0.1, 0.15) is 25.0 Å². The van der Waals surface area contributed by atoms with Crippen molar-refractivity contribution in [3.05, 3.63) is 53.6 Å². The highest BCUT2D eigenvalue weighted by Gasteiger charge is 2.31. The molecule has 2 aliphatic heterocycles. The zero-order valence-corrected chi connectivity index (χ0v) is 19.8. The average Bonchev–Trinajstić information content (AvgIpc) is 2.83. The third-order valence-corrected chi connectivity index (χ3v) is 5.87. The fourth-order valence-electron chi connectivity index (χ4n) is 4.27. The number of hydrogen-bond donors (Lipinski definition) is 0. The smallest absolute Gasteiger partial charge is 0.253 e. The molecule has 2 aromatic rings. The summed E-state index contributed by atoms with van der Waals surface area (Å²) >= 11 is 0. The van der Waals surface area contributed by atoms with E-state index in [0.717, 1.165) is 35.9 Å². The van der Waals surface area contributed by atoms with Crippen LogP contribution in [0.3, 0.4) is 0 Å². The lowest BCUT2D eigenvalue weighted by molar-refractivity contribution is -0.151. The normalized spacial score (nSPS) is 18.2. The van der Waals surface area contributed by atoms with E-state index >= 15 is 0 Å². The van der Waals surface area contributed by atoms with Crippen molar-refractivity contribution in [1.29, 1.82) is 0 Å². The Kier molecular flexibility index (Phi) is 7.73. The van der Waals surface area contributed by atoms with Gasteiger partial charge in [-0.1, -0.05) is 32.0 Å². The maximum absolute atomic E-state index is 13.5. The van der Waals surface area contributed by atoms with Gasteiger partial charge in [0.05, 0.1) is 13.7 Å². The zero-order valence-electron chi connectivity index (χ0n) is 19.8. The summed E-state index contributed by atoms with van der Waals surface area (Å²) in [5, 5.41) is 0. The van der Waals surface area contributed by atoms with Gasteiger partial charge in [-0.3, -0.25) is 9.69 Å². The predicted octanol–water partition coefficient (Wildman–Crippen LogP) is 3.35. The second-order valence-corrected chi connectivity index (χ2v) is 9.03. The SMILES string of the molecule is COc1ccc(CN2CCOC(C(=O)N(Cc3ccc4c(c3)OCCO4)CC(C)C)C2)cc1. The maximum atomic E-state index is 13.5. The first-order valence-electron chi connectivity index (χ1n) is 11.7. The first kappa shape index (κ1) is 23.4. The first-order chi connectivity index (χ1) is 16.0. The quantitative estimate of drug-likeness (QED) is 0.610. The molecule has 0 radical (unpaired) electrons. The van der Waals surface area contributed by atoms with Crippen molar-refractivity contribution in [2.75, 3.05) is 46.6 Å². The number of methoxy groups -OCH3 is 1. The van der Waals surface area contributed by atoms with Crippen molar-refractivity contribution in [3.63, 3.8) is 0 Å². The number of nitrogens with zero attached hydrogens (tertiary/aromatic N) is 2. The van der Waals surface area contributed by atoms with E-state index in [4.69, 9.17) is 18.9 Å². The van der Waals surface area contributed by atoms with Crippen LogP contribution in [0.5, 0.6) is 17.2 Å². The second kappa shape index (κ2) is 10.9. The van der Waals surface area contributed by atoms with Gasteiger partial charge in [0.25, 0.3) is 5.91 Å². The number of ether oxygens (including phenoxy) is 4. The number of amides is 1. The molecule has 1 amide bonds. The Morgan fingerprint density at radius 1 is 1.06 bits per heavy atom. The van der Waals surface area contributed by atoms with Crippen molar-refractivity contribution in [3.8, 4) is 17.2 Å². The molecule has 7 nitrogen and oxygen atoms in total. The Morgan fingerprint density at radius 3 is 2.52 bits per heavy atom. The van der Waals surface area contributed by atoms with Crippen LogP contribution in [0.2, 0.25) is 0 Å². The van der Waals surface area contributed by atoms with Gasteiger partial charge in [-0.15, -0.1) is 0 Å². The van der Waals surface area contributed by atoms with E-state index in [1.54, 1.807) is 7.11 Å². The molecular weight excluding hydrogens is 420 g/mol. The number of benzene rings is 2. The predicted molar refractivity (Wildman–Crippen MR) is 126 cm³/mol. The Hall–Kier alpha value is -2.77. The van der Waals surface area contributed by atoms with Gasteiger partial charge in [0, 0.05) is 32.7 Å². The highest BCUT2D eigenvalue weighted by molar-refractivity contribution is 5.81. The van der Waals surface area contributed by atoms with Gasteiger partial charge in [-0.2, -0.15) is 0 Å². The Labute approximate surface area is 196 Å². The van der Waals surface area contributed by atoms with Crippen LogP contribution in [-0.2, 0) is 22.6 Å². The lowest BCUT2D eigenvalue weighted by Crippen LogP contribution is -2.51. The van der Waals surface area contributed by atoms with E-state index in [-0.39, 0.29) is 5.91 Å². The Morgan fingerprint density at radius 2 is 1.79 bits per heavy atom. The number of carbonyl (C=O) groups is 1.